The van der Waals surface area contributed by atoms with Crippen molar-refractivity contribution in [3.05, 3.63) is 102 Å². The molecular formula is C27H21N5O4S. The van der Waals surface area contributed by atoms with Crippen LogP contribution in [0.25, 0.3) is 0 Å². The highest BCUT2D eigenvalue weighted by Crippen LogP contribution is 2.60. The van der Waals surface area contributed by atoms with E-state index in [0.717, 1.165) is 16.7 Å². The van der Waals surface area contributed by atoms with Crippen LogP contribution in [-0.4, -0.2) is 23.1 Å². The number of nitrogens with one attached hydrogen (secondary N) is 3. The van der Waals surface area contributed by atoms with E-state index < -0.39 is 16.8 Å². The van der Waals surface area contributed by atoms with Gasteiger partial charge in [0.05, 0.1) is 29.8 Å². The number of carbonyl (C=O) groups is 2. The summed E-state index contributed by atoms with van der Waals surface area (Å²) < 4.78 is 10.0. The first kappa shape index (κ1) is 22.9. The maximum Gasteiger partial charge on any atom is 0.319 e. The zero-order chi connectivity index (χ0) is 25.4. The van der Waals surface area contributed by atoms with Gasteiger partial charge in [-0.3, -0.25) is 9.79 Å². The van der Waals surface area contributed by atoms with Crippen LogP contribution in [0, 0.1) is 6.92 Å². The van der Waals surface area contributed by atoms with Crippen molar-refractivity contribution in [1.82, 2.24) is 15.6 Å². The predicted octanol–water partition coefficient (Wildman–Crippen LogP) is 4.89. The fourth-order valence-corrected chi connectivity index (χ4v) is 6.21. The number of aryl methyl sites for hydroxylation is 1. The fraction of sp³-hybridized carbons (Fsp3) is 0.111. The van der Waals surface area contributed by atoms with E-state index in [0.29, 0.717) is 27.9 Å². The number of carbonyl (C=O) groups excluding carboxylic acids is 2. The summed E-state index contributed by atoms with van der Waals surface area (Å²) in [4.78, 5) is 35.5. The Morgan fingerprint density at radius 3 is 2.86 bits per heavy atom. The van der Waals surface area contributed by atoms with Gasteiger partial charge in [0.15, 0.2) is 4.75 Å². The number of aromatic nitrogens is 1. The molecule has 0 bridgehead atoms. The molecule has 4 heterocycles. The minimum atomic E-state index is -1.27. The van der Waals surface area contributed by atoms with Crippen LogP contribution in [0.1, 0.15) is 22.7 Å². The summed E-state index contributed by atoms with van der Waals surface area (Å²) in [5, 5.41) is 9.40. The van der Waals surface area contributed by atoms with Gasteiger partial charge in [-0.1, -0.05) is 36.0 Å². The van der Waals surface area contributed by atoms with Crippen LogP contribution in [0.3, 0.4) is 0 Å². The van der Waals surface area contributed by atoms with E-state index >= 15 is 0 Å². The molecule has 3 amide bonds. The summed E-state index contributed by atoms with van der Waals surface area (Å²) in [5.74, 6) is 0.990. The Morgan fingerprint density at radius 2 is 2.03 bits per heavy atom. The minimum absolute atomic E-state index is 0.350. The number of hydrogen-bond acceptors (Lipinski definition) is 7. The highest BCUT2D eigenvalue weighted by Gasteiger charge is 2.58. The summed E-state index contributed by atoms with van der Waals surface area (Å²) in [7, 11) is 0. The van der Waals surface area contributed by atoms with Crippen molar-refractivity contribution in [3.63, 3.8) is 0 Å². The van der Waals surface area contributed by atoms with Gasteiger partial charge < -0.3 is 25.4 Å². The Kier molecular flexibility index (Phi) is 5.65. The van der Waals surface area contributed by atoms with E-state index in [1.54, 1.807) is 12.3 Å². The number of anilines is 1. The van der Waals surface area contributed by atoms with Gasteiger partial charge in [0.25, 0.3) is 0 Å². The average molecular weight is 512 g/mol. The maximum atomic E-state index is 14.2. The second kappa shape index (κ2) is 9.14. The molecule has 3 N–H and O–H groups in total. The maximum absolute atomic E-state index is 14.2. The van der Waals surface area contributed by atoms with Crippen molar-refractivity contribution in [2.24, 2.45) is 4.99 Å². The average Bonchev–Trinajstić information content (AvgIpc) is 3.03. The Morgan fingerprint density at radius 1 is 1.16 bits per heavy atom. The first-order valence-corrected chi connectivity index (χ1v) is 12.3. The van der Waals surface area contributed by atoms with Crippen LogP contribution in [-0.2, 0) is 14.3 Å². The molecule has 1 aromatic heterocycles. The molecule has 2 atom stereocenters. The van der Waals surface area contributed by atoms with Gasteiger partial charge in [-0.2, -0.15) is 0 Å². The molecule has 0 spiro atoms. The van der Waals surface area contributed by atoms with E-state index in [2.05, 4.69) is 25.9 Å². The van der Waals surface area contributed by atoms with Crippen molar-refractivity contribution < 1.29 is 19.1 Å². The van der Waals surface area contributed by atoms with Crippen LogP contribution in [0.5, 0.6) is 11.5 Å². The molecule has 6 rings (SSSR count). The summed E-state index contributed by atoms with van der Waals surface area (Å²) >= 11 is 1.30. The van der Waals surface area contributed by atoms with Crippen molar-refractivity contribution >= 4 is 35.6 Å². The first-order chi connectivity index (χ1) is 18.0. The van der Waals surface area contributed by atoms with Gasteiger partial charge >= 0.3 is 6.03 Å². The van der Waals surface area contributed by atoms with Crippen LogP contribution in [0.15, 0.2) is 95.2 Å². The zero-order valence-electron chi connectivity index (χ0n) is 19.6. The summed E-state index contributed by atoms with van der Waals surface area (Å²) in [6.07, 6.45) is 7.41. The van der Waals surface area contributed by atoms with Crippen molar-refractivity contribution in [2.75, 3.05) is 5.32 Å². The molecule has 0 saturated heterocycles. The number of amides is 3. The lowest BCUT2D eigenvalue weighted by Gasteiger charge is -2.37. The van der Waals surface area contributed by atoms with Crippen LogP contribution in [0.4, 0.5) is 10.5 Å². The number of ether oxygens (including phenoxy) is 2. The van der Waals surface area contributed by atoms with Gasteiger partial charge in [0, 0.05) is 11.8 Å². The Bertz CT molecular complexity index is 1500. The molecule has 9 nitrogen and oxygen atoms in total. The van der Waals surface area contributed by atoms with Gasteiger partial charge in [0.1, 0.15) is 29.0 Å². The van der Waals surface area contributed by atoms with Crippen LogP contribution in [0.2, 0.25) is 0 Å². The Hall–Kier alpha value is -4.57. The SMILES string of the molecule is Cc1cc(Oc2ccccc2)ccc1C1(C(=O)NC2=COC=CN=C2)Sc2nccc3c2C1NC(=O)N3. The molecule has 3 aliphatic heterocycles. The van der Waals surface area contributed by atoms with E-state index in [9.17, 15) is 9.59 Å². The molecule has 2 unspecified atom stereocenters. The third kappa shape index (κ3) is 4.01. The molecule has 0 saturated carbocycles. The number of thioether (sulfide) groups is 1. The normalized spacial score (nSPS) is 21.1. The zero-order valence-corrected chi connectivity index (χ0v) is 20.4. The molecule has 0 radical (unpaired) electrons. The molecule has 3 aromatic rings. The lowest BCUT2D eigenvalue weighted by molar-refractivity contribution is -0.123. The van der Waals surface area contributed by atoms with E-state index in [4.69, 9.17) is 9.47 Å². The number of nitrogens with zero attached hydrogens (tertiary/aromatic N) is 2. The van der Waals surface area contributed by atoms with Crippen molar-refractivity contribution in [2.45, 2.75) is 22.7 Å². The van der Waals surface area contributed by atoms with E-state index in [1.165, 1.54) is 36.7 Å². The lowest BCUT2D eigenvalue weighted by atomic mass is 9.82. The summed E-state index contributed by atoms with van der Waals surface area (Å²) in [5.41, 5.74) is 3.32. The van der Waals surface area contributed by atoms with Crippen molar-refractivity contribution in [1.29, 1.82) is 0 Å². The number of rotatable bonds is 5. The van der Waals surface area contributed by atoms with Crippen LogP contribution < -0.4 is 20.7 Å². The second-order valence-electron chi connectivity index (χ2n) is 8.57. The Balaban J connectivity index is 1.45. The number of urea groups is 1. The molecule has 184 valence electrons. The number of pyridine rings is 1. The van der Waals surface area contributed by atoms with E-state index in [-0.39, 0.29) is 5.91 Å². The van der Waals surface area contributed by atoms with Gasteiger partial charge in [-0.05, 0) is 48.4 Å². The largest absolute Gasteiger partial charge is 0.469 e. The second-order valence-corrected chi connectivity index (χ2v) is 9.80. The number of aliphatic imine (C=N–C) groups is 1. The third-order valence-corrected chi connectivity index (χ3v) is 7.72. The Labute approximate surface area is 216 Å². The first-order valence-electron chi connectivity index (χ1n) is 11.5. The summed E-state index contributed by atoms with van der Waals surface area (Å²) in [6.45, 7) is 1.92. The molecule has 0 fully saturated rings. The minimum Gasteiger partial charge on any atom is -0.469 e. The highest BCUT2D eigenvalue weighted by atomic mass is 32.2. The van der Waals surface area contributed by atoms with Gasteiger partial charge in [-0.25, -0.2) is 9.78 Å². The quantitative estimate of drug-likeness (QED) is 0.450. The number of allylic oxidation sites excluding steroid dienone is 1. The third-order valence-electron chi connectivity index (χ3n) is 6.24. The number of para-hydroxylation sites is 1. The molecule has 3 aliphatic rings. The highest BCUT2D eigenvalue weighted by molar-refractivity contribution is 8.01. The number of benzene rings is 2. The van der Waals surface area contributed by atoms with Gasteiger partial charge in [-0.15, -0.1) is 0 Å². The molecule has 2 aromatic carbocycles. The monoisotopic (exact) mass is 511 g/mol. The number of hydrogen-bond donors (Lipinski definition) is 3. The topological polar surface area (TPSA) is 114 Å². The van der Waals surface area contributed by atoms with Gasteiger partial charge in [0.2, 0.25) is 5.91 Å². The lowest BCUT2D eigenvalue weighted by Crippen LogP contribution is -2.52. The van der Waals surface area contributed by atoms with Crippen LogP contribution >= 0.6 is 11.8 Å². The standard InChI is InChI=1S/C27H21N5O4S/c1-16-13-19(36-18-5-3-2-4-6-18)7-8-20(16)27(25(33)30-17-14-28-11-12-35-15-17)23-22-21(31-26(34)32-23)9-10-29-24(22)37-27/h2-15,23H,1H3,(H,30,33)(H2,31,32,34). The molecule has 37 heavy (non-hydrogen) atoms. The summed E-state index contributed by atoms with van der Waals surface area (Å²) in [6, 6.07) is 15.7. The smallest absolute Gasteiger partial charge is 0.319 e. The fourth-order valence-electron chi connectivity index (χ4n) is 4.67. The van der Waals surface area contributed by atoms with E-state index in [1.807, 2.05) is 55.5 Å². The predicted molar refractivity (Wildman–Crippen MR) is 139 cm³/mol. The molecule has 10 heteroatoms. The molecule has 0 aliphatic carbocycles. The van der Waals surface area contributed by atoms with Crippen molar-refractivity contribution in [3.8, 4) is 11.5 Å². The molecular weight excluding hydrogens is 490 g/mol.